The SMILES string of the molecule is CCCC(C)C(Cl)C(=O)NC(C)C. The van der Waals surface area contributed by atoms with Crippen LogP contribution in [0.2, 0.25) is 0 Å². The number of carbonyl (C=O) groups is 1. The highest BCUT2D eigenvalue weighted by molar-refractivity contribution is 6.30. The minimum absolute atomic E-state index is 0.0439. The van der Waals surface area contributed by atoms with Crippen LogP contribution in [0.4, 0.5) is 0 Å². The summed E-state index contributed by atoms with van der Waals surface area (Å²) >= 11 is 5.99. The lowest BCUT2D eigenvalue weighted by Crippen LogP contribution is -2.38. The Balaban J connectivity index is 3.93. The number of nitrogens with one attached hydrogen (secondary N) is 1. The first-order valence-electron chi connectivity index (χ1n) is 4.93. The zero-order chi connectivity index (χ0) is 10.4. The van der Waals surface area contributed by atoms with E-state index in [2.05, 4.69) is 12.2 Å². The van der Waals surface area contributed by atoms with E-state index in [-0.39, 0.29) is 23.2 Å². The average Bonchev–Trinajstić information content (AvgIpc) is 2.02. The minimum Gasteiger partial charge on any atom is -0.353 e. The maximum Gasteiger partial charge on any atom is 0.238 e. The first-order chi connectivity index (χ1) is 5.99. The lowest BCUT2D eigenvalue weighted by molar-refractivity contribution is -0.122. The highest BCUT2D eigenvalue weighted by Gasteiger charge is 2.21. The summed E-state index contributed by atoms with van der Waals surface area (Å²) in [6.45, 7) is 7.99. The minimum atomic E-state index is -0.387. The van der Waals surface area contributed by atoms with Crippen LogP contribution in [0.25, 0.3) is 0 Å². The molecule has 0 aliphatic carbocycles. The summed E-state index contributed by atoms with van der Waals surface area (Å²) in [6, 6.07) is 0.169. The molecule has 0 spiro atoms. The molecule has 0 heterocycles. The molecule has 0 aliphatic rings. The topological polar surface area (TPSA) is 29.1 Å². The van der Waals surface area contributed by atoms with Gasteiger partial charge < -0.3 is 5.32 Å². The van der Waals surface area contributed by atoms with Crippen LogP contribution in [0.5, 0.6) is 0 Å². The van der Waals surface area contributed by atoms with Crippen molar-refractivity contribution in [2.24, 2.45) is 5.92 Å². The fourth-order valence-corrected chi connectivity index (χ4v) is 1.41. The van der Waals surface area contributed by atoms with E-state index in [4.69, 9.17) is 11.6 Å². The molecule has 0 fully saturated rings. The molecule has 13 heavy (non-hydrogen) atoms. The first-order valence-corrected chi connectivity index (χ1v) is 5.37. The number of hydrogen-bond donors (Lipinski definition) is 1. The van der Waals surface area contributed by atoms with E-state index < -0.39 is 0 Å². The Bertz CT molecular complexity index is 159. The van der Waals surface area contributed by atoms with Crippen molar-refractivity contribution >= 4 is 17.5 Å². The number of halogens is 1. The molecule has 1 amide bonds. The Kier molecular flexibility index (Phi) is 6.13. The number of amides is 1. The van der Waals surface area contributed by atoms with Crippen molar-refractivity contribution in [2.75, 3.05) is 0 Å². The summed E-state index contributed by atoms with van der Waals surface area (Å²) < 4.78 is 0. The molecule has 0 rings (SSSR count). The zero-order valence-electron chi connectivity index (χ0n) is 8.93. The third-order valence-corrected chi connectivity index (χ3v) is 2.55. The molecule has 0 bridgehead atoms. The van der Waals surface area contributed by atoms with E-state index in [1.807, 2.05) is 20.8 Å². The molecular weight excluding hydrogens is 186 g/mol. The molecule has 2 unspecified atom stereocenters. The Hall–Kier alpha value is -0.240. The Morgan fingerprint density at radius 1 is 1.38 bits per heavy atom. The van der Waals surface area contributed by atoms with Crippen molar-refractivity contribution < 1.29 is 4.79 Å². The second kappa shape index (κ2) is 6.25. The monoisotopic (exact) mass is 205 g/mol. The van der Waals surface area contributed by atoms with Gasteiger partial charge in [-0.2, -0.15) is 0 Å². The molecule has 0 aliphatic heterocycles. The largest absolute Gasteiger partial charge is 0.353 e. The van der Waals surface area contributed by atoms with Gasteiger partial charge >= 0.3 is 0 Å². The summed E-state index contributed by atoms with van der Waals surface area (Å²) in [5, 5.41) is 2.42. The fraction of sp³-hybridized carbons (Fsp3) is 0.900. The number of carbonyl (C=O) groups excluding carboxylic acids is 1. The van der Waals surface area contributed by atoms with Gasteiger partial charge in [-0.1, -0.05) is 20.3 Å². The van der Waals surface area contributed by atoms with Crippen molar-refractivity contribution in [2.45, 2.75) is 52.0 Å². The predicted molar refractivity (Wildman–Crippen MR) is 57.0 cm³/mol. The highest BCUT2D eigenvalue weighted by Crippen LogP contribution is 2.16. The Labute approximate surface area is 86.0 Å². The molecule has 0 aromatic heterocycles. The van der Waals surface area contributed by atoms with Gasteiger partial charge in [-0.15, -0.1) is 11.6 Å². The fourth-order valence-electron chi connectivity index (χ4n) is 1.22. The van der Waals surface area contributed by atoms with Crippen LogP contribution in [-0.2, 0) is 4.79 Å². The predicted octanol–water partition coefficient (Wildman–Crippen LogP) is 2.55. The summed E-state index contributed by atoms with van der Waals surface area (Å²) in [5.74, 6) is 0.211. The molecule has 3 heteroatoms. The van der Waals surface area contributed by atoms with Crippen molar-refractivity contribution in [1.82, 2.24) is 5.32 Å². The quantitative estimate of drug-likeness (QED) is 0.687. The summed E-state index contributed by atoms with van der Waals surface area (Å²) in [6.07, 6.45) is 2.07. The highest BCUT2D eigenvalue weighted by atomic mass is 35.5. The number of hydrogen-bond acceptors (Lipinski definition) is 1. The van der Waals surface area contributed by atoms with Gasteiger partial charge in [0.1, 0.15) is 5.38 Å². The van der Waals surface area contributed by atoms with E-state index in [1.165, 1.54) is 0 Å². The summed E-state index contributed by atoms with van der Waals surface area (Å²) in [7, 11) is 0. The maximum absolute atomic E-state index is 11.4. The average molecular weight is 206 g/mol. The molecule has 0 aromatic rings. The van der Waals surface area contributed by atoms with Crippen LogP contribution < -0.4 is 5.32 Å². The molecule has 2 atom stereocenters. The van der Waals surface area contributed by atoms with Crippen LogP contribution in [0.15, 0.2) is 0 Å². The second-order valence-corrected chi connectivity index (χ2v) is 4.30. The van der Waals surface area contributed by atoms with Gasteiger partial charge in [0.05, 0.1) is 0 Å². The Morgan fingerprint density at radius 2 is 1.92 bits per heavy atom. The normalized spacial score (nSPS) is 15.5. The first kappa shape index (κ1) is 12.8. The van der Waals surface area contributed by atoms with Crippen molar-refractivity contribution in [3.63, 3.8) is 0 Å². The van der Waals surface area contributed by atoms with Crippen molar-refractivity contribution in [3.05, 3.63) is 0 Å². The molecule has 0 radical (unpaired) electrons. The lowest BCUT2D eigenvalue weighted by Gasteiger charge is -2.18. The second-order valence-electron chi connectivity index (χ2n) is 3.83. The van der Waals surface area contributed by atoms with Crippen LogP contribution in [0.3, 0.4) is 0 Å². The molecular formula is C10H20ClNO. The van der Waals surface area contributed by atoms with Crippen LogP contribution in [-0.4, -0.2) is 17.3 Å². The smallest absolute Gasteiger partial charge is 0.238 e. The van der Waals surface area contributed by atoms with Gasteiger partial charge in [-0.05, 0) is 26.2 Å². The molecule has 0 saturated heterocycles. The summed E-state index contributed by atoms with van der Waals surface area (Å²) in [4.78, 5) is 11.4. The van der Waals surface area contributed by atoms with Crippen LogP contribution in [0, 0.1) is 5.92 Å². The van der Waals surface area contributed by atoms with Gasteiger partial charge in [-0.25, -0.2) is 0 Å². The van der Waals surface area contributed by atoms with Gasteiger partial charge in [0.15, 0.2) is 0 Å². The van der Waals surface area contributed by atoms with Crippen LogP contribution >= 0.6 is 11.6 Å². The Morgan fingerprint density at radius 3 is 2.31 bits per heavy atom. The van der Waals surface area contributed by atoms with Gasteiger partial charge in [-0.3, -0.25) is 4.79 Å². The number of rotatable bonds is 5. The molecule has 0 saturated carbocycles. The molecule has 78 valence electrons. The zero-order valence-corrected chi connectivity index (χ0v) is 9.69. The number of alkyl halides is 1. The van der Waals surface area contributed by atoms with Gasteiger partial charge in [0.2, 0.25) is 5.91 Å². The van der Waals surface area contributed by atoms with Crippen molar-refractivity contribution in [3.8, 4) is 0 Å². The van der Waals surface area contributed by atoms with E-state index in [9.17, 15) is 4.79 Å². The molecule has 1 N–H and O–H groups in total. The standard InChI is InChI=1S/C10H20ClNO/c1-5-6-8(4)9(11)10(13)12-7(2)3/h7-9H,5-6H2,1-4H3,(H,12,13). The molecule has 0 aromatic carbocycles. The third-order valence-electron chi connectivity index (χ3n) is 1.93. The van der Waals surface area contributed by atoms with Gasteiger partial charge in [0.25, 0.3) is 0 Å². The van der Waals surface area contributed by atoms with Crippen LogP contribution in [0.1, 0.15) is 40.5 Å². The lowest BCUT2D eigenvalue weighted by atomic mass is 10.0. The van der Waals surface area contributed by atoms with E-state index >= 15 is 0 Å². The van der Waals surface area contributed by atoms with Gasteiger partial charge in [0, 0.05) is 6.04 Å². The third kappa shape index (κ3) is 5.14. The summed E-state index contributed by atoms with van der Waals surface area (Å²) in [5.41, 5.74) is 0. The van der Waals surface area contributed by atoms with Crippen molar-refractivity contribution in [1.29, 1.82) is 0 Å². The van der Waals surface area contributed by atoms with E-state index in [1.54, 1.807) is 0 Å². The van der Waals surface area contributed by atoms with E-state index in [0.29, 0.717) is 0 Å². The maximum atomic E-state index is 11.4. The molecule has 2 nitrogen and oxygen atoms in total. The van der Waals surface area contributed by atoms with E-state index in [0.717, 1.165) is 12.8 Å².